The molecule has 0 atom stereocenters. The van der Waals surface area contributed by atoms with Crippen LogP contribution in [-0.2, 0) is 17.9 Å². The van der Waals surface area contributed by atoms with E-state index in [4.69, 9.17) is 0 Å². The summed E-state index contributed by atoms with van der Waals surface area (Å²) in [5.41, 5.74) is 2.99. The summed E-state index contributed by atoms with van der Waals surface area (Å²) >= 11 is 0. The summed E-state index contributed by atoms with van der Waals surface area (Å²) in [5, 5.41) is 12.3. The van der Waals surface area contributed by atoms with Crippen molar-refractivity contribution in [2.75, 3.05) is 0 Å². The molecule has 0 aliphatic heterocycles. The summed E-state index contributed by atoms with van der Waals surface area (Å²) in [4.78, 5) is 29.4. The van der Waals surface area contributed by atoms with Gasteiger partial charge >= 0.3 is 0 Å². The van der Waals surface area contributed by atoms with Gasteiger partial charge in [-0.25, -0.2) is 9.36 Å². The number of para-hydroxylation sites is 1. The van der Waals surface area contributed by atoms with E-state index in [-0.39, 0.29) is 19.0 Å². The van der Waals surface area contributed by atoms with E-state index in [0.29, 0.717) is 16.6 Å². The topological polar surface area (TPSA) is 94.7 Å². The number of aryl methyl sites for hydroxylation is 2. The highest BCUT2D eigenvalue weighted by Gasteiger charge is 2.18. The van der Waals surface area contributed by atoms with Crippen LogP contribution in [0.1, 0.15) is 17.1 Å². The Balaban J connectivity index is 1.63. The molecule has 0 fully saturated rings. The van der Waals surface area contributed by atoms with Gasteiger partial charge in [-0.05, 0) is 38.1 Å². The lowest BCUT2D eigenvalue weighted by molar-refractivity contribution is -0.122. The van der Waals surface area contributed by atoms with Crippen LogP contribution in [0.3, 0.4) is 0 Å². The first-order valence-electron chi connectivity index (χ1n) is 9.23. The average Bonchev–Trinajstić information content (AvgIpc) is 3.10. The zero-order valence-electron chi connectivity index (χ0n) is 16.2. The molecular weight excluding hydrogens is 368 g/mol. The number of rotatable bonds is 5. The van der Waals surface area contributed by atoms with Crippen LogP contribution in [0.5, 0.6) is 0 Å². The van der Waals surface area contributed by atoms with Gasteiger partial charge in [0.15, 0.2) is 5.52 Å². The number of aromatic nitrogens is 5. The number of hydrogen-bond acceptors (Lipinski definition) is 5. The van der Waals surface area contributed by atoms with Crippen molar-refractivity contribution in [1.29, 1.82) is 0 Å². The Morgan fingerprint density at radius 1 is 1.03 bits per heavy atom. The number of hydrogen-bond donors (Lipinski definition) is 1. The maximum absolute atomic E-state index is 12.9. The highest BCUT2D eigenvalue weighted by atomic mass is 16.2. The summed E-state index contributed by atoms with van der Waals surface area (Å²) < 4.78 is 2.89. The normalized spacial score (nSPS) is 11.0. The van der Waals surface area contributed by atoms with Crippen LogP contribution in [0.15, 0.2) is 59.5 Å². The lowest BCUT2D eigenvalue weighted by Gasteiger charge is -2.07. The van der Waals surface area contributed by atoms with E-state index in [1.54, 1.807) is 10.9 Å². The van der Waals surface area contributed by atoms with Crippen LogP contribution in [0.4, 0.5) is 0 Å². The average molecular weight is 388 g/mol. The smallest absolute Gasteiger partial charge is 0.295 e. The summed E-state index contributed by atoms with van der Waals surface area (Å²) in [7, 11) is 0. The lowest BCUT2D eigenvalue weighted by Crippen LogP contribution is -2.34. The minimum absolute atomic E-state index is 0.181. The van der Waals surface area contributed by atoms with Crippen LogP contribution in [0.2, 0.25) is 0 Å². The number of carbonyl (C=O) groups is 1. The Morgan fingerprint density at radius 2 is 1.79 bits per heavy atom. The molecule has 0 unspecified atom stereocenters. The maximum Gasteiger partial charge on any atom is 0.295 e. The van der Waals surface area contributed by atoms with Crippen molar-refractivity contribution < 1.29 is 4.79 Å². The number of nitrogens with one attached hydrogen (secondary N) is 1. The van der Waals surface area contributed by atoms with Gasteiger partial charge in [0.25, 0.3) is 5.56 Å². The third-order valence-electron chi connectivity index (χ3n) is 4.67. The van der Waals surface area contributed by atoms with Gasteiger partial charge in [-0.3, -0.25) is 14.6 Å². The van der Waals surface area contributed by atoms with Crippen LogP contribution in [0, 0.1) is 13.8 Å². The van der Waals surface area contributed by atoms with Crippen molar-refractivity contribution in [1.82, 2.24) is 29.9 Å². The molecule has 0 radical (unpaired) electrons. The van der Waals surface area contributed by atoms with Crippen LogP contribution < -0.4 is 10.9 Å². The molecule has 0 spiro atoms. The van der Waals surface area contributed by atoms with E-state index >= 15 is 0 Å². The van der Waals surface area contributed by atoms with Crippen molar-refractivity contribution >= 4 is 16.8 Å². The fraction of sp³-hybridized carbons (Fsp3) is 0.190. The van der Waals surface area contributed by atoms with Gasteiger partial charge in [0.05, 0.1) is 34.7 Å². The molecule has 0 aliphatic carbocycles. The molecule has 1 N–H and O–H groups in total. The second-order valence-electron chi connectivity index (χ2n) is 6.70. The quantitative estimate of drug-likeness (QED) is 0.564. The number of amides is 1. The van der Waals surface area contributed by atoms with Gasteiger partial charge in [-0.2, -0.15) is 10.2 Å². The Labute approximate surface area is 166 Å². The zero-order chi connectivity index (χ0) is 20.4. The Bertz CT molecular complexity index is 1230. The first kappa shape index (κ1) is 18.5. The lowest BCUT2D eigenvalue weighted by atomic mass is 10.2. The highest BCUT2D eigenvalue weighted by molar-refractivity contribution is 5.83. The molecule has 4 rings (SSSR count). The van der Waals surface area contributed by atoms with Crippen molar-refractivity contribution in [3.8, 4) is 5.69 Å². The molecule has 1 aromatic carbocycles. The number of pyridine rings is 1. The Morgan fingerprint density at radius 3 is 2.52 bits per heavy atom. The summed E-state index contributed by atoms with van der Waals surface area (Å²) in [6.07, 6.45) is 1.66. The molecule has 3 heterocycles. The molecule has 0 aliphatic rings. The molecule has 0 saturated carbocycles. The Kier molecular flexibility index (Phi) is 4.90. The first-order valence-corrected chi connectivity index (χ1v) is 9.23. The summed E-state index contributed by atoms with van der Waals surface area (Å²) in [6.45, 7) is 3.82. The molecule has 8 heteroatoms. The van der Waals surface area contributed by atoms with Gasteiger partial charge in [-0.15, -0.1) is 0 Å². The van der Waals surface area contributed by atoms with Crippen LogP contribution >= 0.6 is 0 Å². The molecular formula is C21H20N6O2. The first-order chi connectivity index (χ1) is 14.0. The molecule has 3 aromatic heterocycles. The molecule has 0 saturated heterocycles. The molecule has 0 bridgehead atoms. The SMILES string of the molecule is Cc1nn(CC(=O)NCc2ccccn2)c(=O)c2nn(-c3ccccc3)c(C)c12. The molecule has 1 amide bonds. The second kappa shape index (κ2) is 7.67. The standard InChI is InChI=1S/C21H20N6O2/c1-14-19-15(2)27(17-9-4-3-5-10-17)25-20(19)21(29)26(24-14)13-18(28)23-12-16-8-6-7-11-22-16/h3-11H,12-13H2,1-2H3,(H,23,28). The molecule has 4 aromatic rings. The summed E-state index contributed by atoms with van der Waals surface area (Å²) in [6, 6.07) is 15.1. The van der Waals surface area contributed by atoms with E-state index in [0.717, 1.165) is 21.8 Å². The van der Waals surface area contributed by atoms with Crippen LogP contribution in [-0.4, -0.2) is 30.5 Å². The van der Waals surface area contributed by atoms with Gasteiger partial charge < -0.3 is 5.32 Å². The molecule has 8 nitrogen and oxygen atoms in total. The minimum atomic E-state index is -0.392. The van der Waals surface area contributed by atoms with Gasteiger partial charge in [-0.1, -0.05) is 24.3 Å². The third-order valence-corrected chi connectivity index (χ3v) is 4.67. The largest absolute Gasteiger partial charge is 0.349 e. The van der Waals surface area contributed by atoms with E-state index in [2.05, 4.69) is 20.5 Å². The monoisotopic (exact) mass is 388 g/mol. The number of fused-ring (bicyclic) bond motifs is 1. The maximum atomic E-state index is 12.9. The predicted octanol–water partition coefficient (Wildman–Crippen LogP) is 1.91. The second-order valence-corrected chi connectivity index (χ2v) is 6.70. The van der Waals surface area contributed by atoms with E-state index in [9.17, 15) is 9.59 Å². The fourth-order valence-corrected chi connectivity index (χ4v) is 3.30. The summed E-state index contributed by atoms with van der Waals surface area (Å²) in [5.74, 6) is -0.316. The van der Waals surface area contributed by atoms with Crippen molar-refractivity contribution in [2.45, 2.75) is 26.9 Å². The minimum Gasteiger partial charge on any atom is -0.349 e. The predicted molar refractivity (Wildman–Crippen MR) is 109 cm³/mol. The fourth-order valence-electron chi connectivity index (χ4n) is 3.30. The van der Waals surface area contributed by atoms with E-state index in [1.165, 1.54) is 0 Å². The third kappa shape index (κ3) is 3.64. The zero-order valence-corrected chi connectivity index (χ0v) is 16.2. The van der Waals surface area contributed by atoms with Gasteiger partial charge in [0.2, 0.25) is 5.91 Å². The van der Waals surface area contributed by atoms with Gasteiger partial charge in [0.1, 0.15) is 6.54 Å². The highest BCUT2D eigenvalue weighted by Crippen LogP contribution is 2.20. The van der Waals surface area contributed by atoms with Crippen molar-refractivity contribution in [2.24, 2.45) is 0 Å². The van der Waals surface area contributed by atoms with Crippen LogP contribution in [0.25, 0.3) is 16.6 Å². The van der Waals surface area contributed by atoms with Crippen molar-refractivity contribution in [3.05, 3.63) is 82.2 Å². The van der Waals surface area contributed by atoms with E-state index < -0.39 is 5.56 Å². The van der Waals surface area contributed by atoms with Gasteiger partial charge in [0, 0.05) is 6.20 Å². The number of nitrogens with zero attached hydrogens (tertiary/aromatic N) is 5. The number of carbonyl (C=O) groups excluding carboxylic acids is 1. The molecule has 29 heavy (non-hydrogen) atoms. The molecule has 146 valence electrons. The number of benzene rings is 1. The van der Waals surface area contributed by atoms with Crippen molar-refractivity contribution in [3.63, 3.8) is 0 Å². The van der Waals surface area contributed by atoms with E-state index in [1.807, 2.05) is 62.4 Å². The Hall–Kier alpha value is -3.81.